The van der Waals surface area contributed by atoms with Crippen molar-refractivity contribution < 1.29 is 0 Å². The highest BCUT2D eigenvalue weighted by Crippen LogP contribution is 2.41. The van der Waals surface area contributed by atoms with Crippen molar-refractivity contribution in [3.8, 4) is 6.07 Å². The topological polar surface area (TPSA) is 35.8 Å². The summed E-state index contributed by atoms with van der Waals surface area (Å²) in [6.45, 7) is 11.3. The van der Waals surface area contributed by atoms with Crippen molar-refractivity contribution in [3.05, 3.63) is 0 Å². The largest absolute Gasteiger partial charge is 0.297 e. The van der Waals surface area contributed by atoms with Gasteiger partial charge in [0.05, 0.1) is 6.07 Å². The van der Waals surface area contributed by atoms with Crippen molar-refractivity contribution in [2.75, 3.05) is 0 Å². The summed E-state index contributed by atoms with van der Waals surface area (Å²) in [7, 11) is 0. The molecular weight excluding hydrogens is 208 g/mol. The minimum atomic E-state index is -0.253. The number of hydrogen-bond donors (Lipinski definition) is 1. The first-order chi connectivity index (χ1) is 7.83. The molecule has 1 fully saturated rings. The van der Waals surface area contributed by atoms with Crippen LogP contribution in [-0.2, 0) is 0 Å². The highest BCUT2D eigenvalue weighted by Gasteiger charge is 2.39. The lowest BCUT2D eigenvalue weighted by Crippen LogP contribution is -2.51. The molecule has 0 spiro atoms. The Labute approximate surface area is 107 Å². The van der Waals surface area contributed by atoms with E-state index in [9.17, 15) is 5.26 Å². The van der Waals surface area contributed by atoms with E-state index in [2.05, 4.69) is 46.0 Å². The fraction of sp³-hybridized carbons (Fsp3) is 0.933. The van der Waals surface area contributed by atoms with Gasteiger partial charge in [0.25, 0.3) is 0 Å². The Morgan fingerprint density at radius 3 is 2.24 bits per heavy atom. The van der Waals surface area contributed by atoms with Crippen molar-refractivity contribution >= 4 is 0 Å². The molecule has 1 rings (SSSR count). The van der Waals surface area contributed by atoms with Crippen LogP contribution in [0.3, 0.4) is 0 Å². The zero-order valence-electron chi connectivity index (χ0n) is 12.1. The van der Waals surface area contributed by atoms with Crippen LogP contribution in [0.25, 0.3) is 0 Å². The van der Waals surface area contributed by atoms with E-state index in [1.807, 2.05) is 0 Å². The van der Waals surface area contributed by atoms with Crippen LogP contribution in [0.1, 0.15) is 66.7 Å². The highest BCUT2D eigenvalue weighted by molar-refractivity contribution is 5.10. The van der Waals surface area contributed by atoms with Crippen LogP contribution in [0.4, 0.5) is 0 Å². The van der Waals surface area contributed by atoms with Crippen molar-refractivity contribution in [2.45, 2.75) is 78.3 Å². The molecule has 1 atom stereocenters. The van der Waals surface area contributed by atoms with Crippen LogP contribution in [-0.4, -0.2) is 11.6 Å². The van der Waals surface area contributed by atoms with E-state index in [1.165, 1.54) is 12.8 Å². The van der Waals surface area contributed by atoms with Crippen molar-refractivity contribution in [3.63, 3.8) is 0 Å². The van der Waals surface area contributed by atoms with Crippen LogP contribution in [0.15, 0.2) is 0 Å². The van der Waals surface area contributed by atoms with E-state index in [-0.39, 0.29) is 5.54 Å². The van der Waals surface area contributed by atoms with E-state index >= 15 is 0 Å². The molecule has 0 aromatic carbocycles. The van der Waals surface area contributed by atoms with Gasteiger partial charge in [-0.05, 0) is 50.4 Å². The summed E-state index contributed by atoms with van der Waals surface area (Å²) in [5.74, 6) is 0.766. The van der Waals surface area contributed by atoms with Crippen LogP contribution < -0.4 is 5.32 Å². The van der Waals surface area contributed by atoms with Gasteiger partial charge >= 0.3 is 0 Å². The zero-order valence-corrected chi connectivity index (χ0v) is 12.1. The molecule has 0 aromatic heterocycles. The SMILES string of the molecule is CCC(C)NC1(C#N)CCC(C(C)(C)C)CC1. The minimum Gasteiger partial charge on any atom is -0.297 e. The maximum Gasteiger partial charge on any atom is 0.106 e. The van der Waals surface area contributed by atoms with Gasteiger partial charge in [0, 0.05) is 6.04 Å². The Morgan fingerprint density at radius 1 is 1.35 bits per heavy atom. The molecule has 1 aliphatic rings. The third kappa shape index (κ3) is 3.71. The normalized spacial score (nSPS) is 31.9. The van der Waals surface area contributed by atoms with Crippen LogP contribution in [0, 0.1) is 22.7 Å². The summed E-state index contributed by atoms with van der Waals surface area (Å²) < 4.78 is 0. The molecule has 0 heterocycles. The predicted molar refractivity (Wildman–Crippen MR) is 72.6 cm³/mol. The highest BCUT2D eigenvalue weighted by atomic mass is 15.0. The second-order valence-corrected chi connectivity index (χ2v) is 6.79. The van der Waals surface area contributed by atoms with E-state index in [0.29, 0.717) is 11.5 Å². The van der Waals surface area contributed by atoms with Crippen molar-refractivity contribution in [2.24, 2.45) is 11.3 Å². The molecule has 17 heavy (non-hydrogen) atoms. The minimum absolute atomic E-state index is 0.253. The van der Waals surface area contributed by atoms with Crippen molar-refractivity contribution in [1.82, 2.24) is 5.32 Å². The molecule has 0 saturated heterocycles. The van der Waals surface area contributed by atoms with Gasteiger partial charge in [-0.15, -0.1) is 0 Å². The first-order valence-corrected chi connectivity index (χ1v) is 7.02. The summed E-state index contributed by atoms with van der Waals surface area (Å²) in [4.78, 5) is 0. The molecule has 0 aliphatic heterocycles. The summed E-state index contributed by atoms with van der Waals surface area (Å²) in [5.41, 5.74) is 0.134. The van der Waals surface area contributed by atoms with E-state index in [1.54, 1.807) is 0 Å². The molecular formula is C15H28N2. The molecule has 0 radical (unpaired) electrons. The molecule has 2 heteroatoms. The fourth-order valence-corrected chi connectivity index (χ4v) is 2.84. The Morgan fingerprint density at radius 2 is 1.88 bits per heavy atom. The third-order valence-electron chi connectivity index (χ3n) is 4.41. The van der Waals surface area contributed by atoms with Gasteiger partial charge in [-0.1, -0.05) is 27.7 Å². The molecule has 0 amide bonds. The second kappa shape index (κ2) is 5.40. The lowest BCUT2D eigenvalue weighted by molar-refractivity contribution is 0.133. The summed E-state index contributed by atoms with van der Waals surface area (Å²) in [6, 6.07) is 2.99. The molecule has 2 nitrogen and oxygen atoms in total. The van der Waals surface area contributed by atoms with Gasteiger partial charge in [0.2, 0.25) is 0 Å². The lowest BCUT2D eigenvalue weighted by Gasteiger charge is -2.42. The lowest BCUT2D eigenvalue weighted by atomic mass is 9.67. The second-order valence-electron chi connectivity index (χ2n) is 6.79. The monoisotopic (exact) mass is 236 g/mol. The van der Waals surface area contributed by atoms with Crippen LogP contribution in [0.5, 0.6) is 0 Å². The van der Waals surface area contributed by atoms with E-state index in [4.69, 9.17) is 0 Å². The number of nitrogens with zero attached hydrogens (tertiary/aromatic N) is 1. The van der Waals surface area contributed by atoms with Crippen molar-refractivity contribution in [1.29, 1.82) is 5.26 Å². The third-order valence-corrected chi connectivity index (χ3v) is 4.41. The first-order valence-electron chi connectivity index (χ1n) is 7.02. The quantitative estimate of drug-likeness (QED) is 0.807. The molecule has 1 N–H and O–H groups in total. The fourth-order valence-electron chi connectivity index (χ4n) is 2.84. The maximum atomic E-state index is 9.46. The number of rotatable bonds is 3. The summed E-state index contributed by atoms with van der Waals surface area (Å²) >= 11 is 0. The van der Waals surface area contributed by atoms with Crippen LogP contribution in [0.2, 0.25) is 0 Å². The van der Waals surface area contributed by atoms with E-state index < -0.39 is 0 Å². The predicted octanol–water partition coefficient (Wildman–Crippen LogP) is 3.87. The van der Waals surface area contributed by atoms with Crippen LogP contribution >= 0.6 is 0 Å². The Hall–Kier alpha value is -0.550. The number of hydrogen-bond acceptors (Lipinski definition) is 2. The Kier molecular flexibility index (Phi) is 4.61. The van der Waals surface area contributed by atoms with Gasteiger partial charge in [0.15, 0.2) is 0 Å². The molecule has 0 aromatic rings. The number of nitrogens with one attached hydrogen (secondary N) is 1. The Balaban J connectivity index is 2.61. The number of nitriles is 1. The average molecular weight is 236 g/mol. The van der Waals surface area contributed by atoms with Gasteiger partial charge in [0.1, 0.15) is 5.54 Å². The average Bonchev–Trinajstić information content (AvgIpc) is 2.28. The molecule has 0 bridgehead atoms. The smallest absolute Gasteiger partial charge is 0.106 e. The van der Waals surface area contributed by atoms with Gasteiger partial charge < -0.3 is 0 Å². The van der Waals surface area contributed by atoms with Gasteiger partial charge in [-0.2, -0.15) is 5.26 Å². The molecule has 1 aliphatic carbocycles. The van der Waals surface area contributed by atoms with E-state index in [0.717, 1.165) is 25.2 Å². The molecule has 98 valence electrons. The van der Waals surface area contributed by atoms with Gasteiger partial charge in [-0.25, -0.2) is 0 Å². The zero-order chi connectivity index (χ0) is 13.1. The summed E-state index contributed by atoms with van der Waals surface area (Å²) in [6.07, 6.45) is 5.47. The first kappa shape index (κ1) is 14.5. The Bertz CT molecular complexity index is 274. The summed E-state index contributed by atoms with van der Waals surface area (Å²) in [5, 5.41) is 13.0. The standard InChI is InChI=1S/C15H28N2/c1-6-12(2)17-15(11-16)9-7-13(8-10-15)14(3,4)5/h12-13,17H,6-10H2,1-5H3. The molecule has 1 unspecified atom stereocenters. The van der Waals surface area contributed by atoms with Gasteiger partial charge in [-0.3, -0.25) is 5.32 Å². The maximum absolute atomic E-state index is 9.46. The molecule has 1 saturated carbocycles.